The third-order valence-electron chi connectivity index (χ3n) is 5.59. The molecule has 1 aliphatic heterocycles. The maximum absolute atomic E-state index is 14.5. The summed E-state index contributed by atoms with van der Waals surface area (Å²) >= 11 is 7.08. The summed E-state index contributed by atoms with van der Waals surface area (Å²) in [7, 11) is 0. The van der Waals surface area contributed by atoms with Crippen LogP contribution in [0.3, 0.4) is 0 Å². The average Bonchev–Trinajstić information content (AvgIpc) is 3.31. The number of alkyl halides is 3. The van der Waals surface area contributed by atoms with Crippen LogP contribution < -0.4 is 0 Å². The Hall–Kier alpha value is -2.17. The van der Waals surface area contributed by atoms with Gasteiger partial charge in [0.1, 0.15) is 11.6 Å². The van der Waals surface area contributed by atoms with Gasteiger partial charge in [-0.2, -0.15) is 13.2 Å². The molecular formula is C22H20ClF5N4S. The summed E-state index contributed by atoms with van der Waals surface area (Å²) < 4.78 is 68.5. The van der Waals surface area contributed by atoms with Gasteiger partial charge < -0.3 is 0 Å². The number of benzene rings is 1. The van der Waals surface area contributed by atoms with E-state index in [1.807, 2.05) is 0 Å². The Morgan fingerprint density at radius 1 is 1.15 bits per heavy atom. The molecule has 3 aromatic rings. The van der Waals surface area contributed by atoms with E-state index in [4.69, 9.17) is 11.6 Å². The zero-order valence-electron chi connectivity index (χ0n) is 17.8. The van der Waals surface area contributed by atoms with Crippen molar-refractivity contribution in [3.8, 4) is 11.3 Å². The second kappa shape index (κ2) is 9.23. The molecule has 0 amide bonds. The lowest BCUT2D eigenvalue weighted by molar-refractivity contribution is -0.137. The number of aryl methyl sites for hydroxylation is 1. The highest BCUT2D eigenvalue weighted by molar-refractivity contribution is 7.12. The molecule has 0 unspecified atom stereocenters. The van der Waals surface area contributed by atoms with Crippen molar-refractivity contribution in [1.29, 1.82) is 0 Å². The molecule has 176 valence electrons. The predicted molar refractivity (Wildman–Crippen MR) is 116 cm³/mol. The molecule has 2 aromatic heterocycles. The standard InChI is InChI=1S/C22H20ClF5N4S/c1-11-4-3-5-32(11)10-17-20(13-6-14(22(26,27)28)8-15(24)7-13)31-18(33-17)9-16-19(25)21(23)30-12(2)29-16/h6-8,11H,3-5,9-10H2,1-2H3/t11-/m1/s1. The van der Waals surface area contributed by atoms with Crippen molar-refractivity contribution in [1.82, 2.24) is 19.9 Å². The number of halogens is 6. The minimum absolute atomic E-state index is 0.0103. The van der Waals surface area contributed by atoms with Crippen molar-refractivity contribution in [3.05, 3.63) is 62.0 Å². The normalized spacial score (nSPS) is 17.2. The number of thiazole rings is 1. The van der Waals surface area contributed by atoms with E-state index in [1.165, 1.54) is 11.3 Å². The zero-order valence-corrected chi connectivity index (χ0v) is 19.4. The fraction of sp³-hybridized carbons (Fsp3) is 0.409. The number of aromatic nitrogens is 3. The quantitative estimate of drug-likeness (QED) is 0.298. The second-order valence-corrected chi connectivity index (χ2v) is 9.59. The molecule has 4 rings (SSSR count). The van der Waals surface area contributed by atoms with Gasteiger partial charge in [-0.25, -0.2) is 23.7 Å². The van der Waals surface area contributed by atoms with Crippen LogP contribution in [0.15, 0.2) is 18.2 Å². The maximum Gasteiger partial charge on any atom is 0.416 e. The lowest BCUT2D eigenvalue weighted by Gasteiger charge is -2.20. The van der Waals surface area contributed by atoms with Gasteiger partial charge in [0, 0.05) is 29.4 Å². The minimum atomic E-state index is -4.70. The molecular weight excluding hydrogens is 483 g/mol. The highest BCUT2D eigenvalue weighted by Gasteiger charge is 2.32. The van der Waals surface area contributed by atoms with Crippen LogP contribution in [0.25, 0.3) is 11.3 Å². The van der Waals surface area contributed by atoms with Crippen LogP contribution >= 0.6 is 22.9 Å². The van der Waals surface area contributed by atoms with E-state index >= 15 is 0 Å². The molecule has 0 aliphatic carbocycles. The van der Waals surface area contributed by atoms with Crippen LogP contribution in [0.2, 0.25) is 5.15 Å². The minimum Gasteiger partial charge on any atom is -0.296 e. The zero-order chi connectivity index (χ0) is 23.9. The summed E-state index contributed by atoms with van der Waals surface area (Å²) in [6.07, 6.45) is -2.67. The van der Waals surface area contributed by atoms with Gasteiger partial charge in [0.05, 0.1) is 22.0 Å². The first-order valence-corrected chi connectivity index (χ1v) is 11.5. The van der Waals surface area contributed by atoms with Crippen LogP contribution in [0.1, 0.15) is 46.7 Å². The van der Waals surface area contributed by atoms with Crippen molar-refractivity contribution in [3.63, 3.8) is 0 Å². The Morgan fingerprint density at radius 3 is 2.58 bits per heavy atom. The Morgan fingerprint density at radius 2 is 1.91 bits per heavy atom. The molecule has 0 radical (unpaired) electrons. The van der Waals surface area contributed by atoms with Gasteiger partial charge in [0.25, 0.3) is 0 Å². The Kier molecular flexibility index (Phi) is 6.70. The maximum atomic E-state index is 14.5. The van der Waals surface area contributed by atoms with Crippen LogP contribution in [-0.2, 0) is 19.1 Å². The van der Waals surface area contributed by atoms with E-state index < -0.39 is 23.4 Å². The van der Waals surface area contributed by atoms with E-state index in [2.05, 4.69) is 26.8 Å². The average molecular weight is 503 g/mol. The van der Waals surface area contributed by atoms with Crippen LogP contribution in [-0.4, -0.2) is 32.4 Å². The molecule has 0 N–H and O–H groups in total. The molecule has 0 bridgehead atoms. The lowest BCUT2D eigenvalue weighted by atomic mass is 10.1. The summed E-state index contributed by atoms with van der Waals surface area (Å²) in [4.78, 5) is 15.3. The number of nitrogens with zero attached hydrogens (tertiary/aromatic N) is 4. The fourth-order valence-electron chi connectivity index (χ4n) is 3.95. The first-order valence-electron chi connectivity index (χ1n) is 10.3. The van der Waals surface area contributed by atoms with E-state index in [1.54, 1.807) is 6.92 Å². The molecule has 3 heterocycles. The van der Waals surface area contributed by atoms with E-state index in [9.17, 15) is 22.0 Å². The van der Waals surface area contributed by atoms with Crippen molar-refractivity contribution >= 4 is 22.9 Å². The van der Waals surface area contributed by atoms with Crippen LogP contribution in [0.4, 0.5) is 22.0 Å². The topological polar surface area (TPSA) is 41.9 Å². The number of rotatable bonds is 5. The van der Waals surface area contributed by atoms with Gasteiger partial charge >= 0.3 is 6.18 Å². The van der Waals surface area contributed by atoms with Gasteiger partial charge in [-0.3, -0.25) is 4.90 Å². The smallest absolute Gasteiger partial charge is 0.296 e. The summed E-state index contributed by atoms with van der Waals surface area (Å²) in [5.74, 6) is -1.47. The first-order chi connectivity index (χ1) is 15.5. The molecule has 4 nitrogen and oxygen atoms in total. The van der Waals surface area contributed by atoms with Crippen LogP contribution in [0, 0.1) is 18.6 Å². The van der Waals surface area contributed by atoms with Gasteiger partial charge in [0.2, 0.25) is 0 Å². The van der Waals surface area contributed by atoms with Crippen molar-refractivity contribution < 1.29 is 22.0 Å². The third kappa shape index (κ3) is 5.33. The third-order valence-corrected chi connectivity index (χ3v) is 6.88. The molecule has 1 atom stereocenters. The van der Waals surface area contributed by atoms with E-state index in [0.717, 1.165) is 31.5 Å². The number of likely N-dealkylation sites (tertiary alicyclic amines) is 1. The molecule has 0 spiro atoms. The van der Waals surface area contributed by atoms with Crippen LogP contribution in [0.5, 0.6) is 0 Å². The number of hydrogen-bond acceptors (Lipinski definition) is 5. The molecule has 1 aliphatic rings. The van der Waals surface area contributed by atoms with Gasteiger partial charge in [-0.05, 0) is 51.4 Å². The second-order valence-electron chi connectivity index (χ2n) is 8.07. The van der Waals surface area contributed by atoms with Gasteiger partial charge in [-0.1, -0.05) is 11.6 Å². The largest absolute Gasteiger partial charge is 0.416 e. The molecule has 1 saturated heterocycles. The lowest BCUT2D eigenvalue weighted by Crippen LogP contribution is -2.25. The fourth-order valence-corrected chi connectivity index (χ4v) is 5.30. The van der Waals surface area contributed by atoms with E-state index in [0.29, 0.717) is 34.4 Å². The Bertz CT molecular complexity index is 1180. The highest BCUT2D eigenvalue weighted by atomic mass is 35.5. The number of hydrogen-bond donors (Lipinski definition) is 0. The summed E-state index contributed by atoms with van der Waals surface area (Å²) in [6.45, 7) is 4.96. The van der Waals surface area contributed by atoms with Crippen molar-refractivity contribution in [2.75, 3.05) is 6.54 Å². The molecule has 11 heteroatoms. The predicted octanol–water partition coefficient (Wildman–Crippen LogP) is 6.43. The Balaban J connectivity index is 1.77. The molecule has 1 fully saturated rings. The van der Waals surface area contributed by atoms with Crippen molar-refractivity contribution in [2.45, 2.75) is 51.9 Å². The van der Waals surface area contributed by atoms with E-state index in [-0.39, 0.29) is 28.5 Å². The van der Waals surface area contributed by atoms with Gasteiger partial charge in [-0.15, -0.1) is 11.3 Å². The van der Waals surface area contributed by atoms with Crippen molar-refractivity contribution in [2.24, 2.45) is 0 Å². The SMILES string of the molecule is Cc1nc(Cl)c(F)c(Cc2nc(-c3cc(F)cc(C(F)(F)F)c3)c(CN3CCC[C@H]3C)s2)n1. The molecule has 33 heavy (non-hydrogen) atoms. The van der Waals surface area contributed by atoms with Gasteiger partial charge in [0.15, 0.2) is 11.0 Å². The highest BCUT2D eigenvalue weighted by Crippen LogP contribution is 2.37. The summed E-state index contributed by atoms with van der Waals surface area (Å²) in [5, 5.41) is 0.137. The first kappa shape index (κ1) is 24.0. The monoisotopic (exact) mass is 502 g/mol. The Labute approximate surface area is 196 Å². The summed E-state index contributed by atoms with van der Waals surface area (Å²) in [6, 6.07) is 2.70. The molecule has 1 aromatic carbocycles. The molecule has 0 saturated carbocycles. The summed E-state index contributed by atoms with van der Waals surface area (Å²) in [5.41, 5.74) is -0.749.